The van der Waals surface area contributed by atoms with Gasteiger partial charge >= 0.3 is 0 Å². The number of thiophene rings is 1. The first-order valence-electron chi connectivity index (χ1n) is 5.70. The molecular formula is C12H18O3S. The molecule has 1 aromatic heterocycles. The van der Waals surface area contributed by atoms with Gasteiger partial charge in [0.25, 0.3) is 0 Å². The molecule has 90 valence electrons. The largest absolute Gasteiger partial charge is 0.385 e. The molecule has 3 nitrogen and oxygen atoms in total. The molecule has 1 aliphatic rings. The molecule has 16 heavy (non-hydrogen) atoms. The summed E-state index contributed by atoms with van der Waals surface area (Å²) in [6, 6.07) is 1.96. The van der Waals surface area contributed by atoms with Gasteiger partial charge in [-0.1, -0.05) is 0 Å². The monoisotopic (exact) mass is 242 g/mol. The highest BCUT2D eigenvalue weighted by atomic mass is 32.1. The standard InChI is InChI=1S/C12H18O3S/c1-2-15-12(4-6-14-7-5-12)11(13)10-3-8-16-9-10/h3,8-9,11,13H,2,4-7H2,1H3. The van der Waals surface area contributed by atoms with E-state index in [0.717, 1.165) is 18.4 Å². The third-order valence-corrected chi connectivity index (χ3v) is 3.83. The number of hydrogen-bond donors (Lipinski definition) is 1. The lowest BCUT2D eigenvalue weighted by atomic mass is 9.85. The molecule has 0 aliphatic carbocycles. The number of aliphatic hydroxyl groups is 1. The van der Waals surface area contributed by atoms with E-state index in [-0.39, 0.29) is 0 Å². The SMILES string of the molecule is CCOC1(C(O)c2ccsc2)CCOCC1. The van der Waals surface area contributed by atoms with E-state index in [1.807, 2.05) is 23.8 Å². The molecular weight excluding hydrogens is 224 g/mol. The maximum absolute atomic E-state index is 10.4. The fourth-order valence-corrected chi connectivity index (χ4v) is 2.91. The van der Waals surface area contributed by atoms with Crippen molar-refractivity contribution in [3.05, 3.63) is 22.4 Å². The molecule has 1 saturated heterocycles. The van der Waals surface area contributed by atoms with Crippen molar-refractivity contribution in [3.8, 4) is 0 Å². The van der Waals surface area contributed by atoms with Gasteiger partial charge in [-0.3, -0.25) is 0 Å². The highest BCUT2D eigenvalue weighted by Gasteiger charge is 2.41. The van der Waals surface area contributed by atoms with Gasteiger partial charge in [-0.05, 0) is 29.3 Å². The molecule has 0 bridgehead atoms. The Morgan fingerprint density at radius 3 is 2.88 bits per heavy atom. The van der Waals surface area contributed by atoms with Gasteiger partial charge in [0, 0.05) is 32.7 Å². The van der Waals surface area contributed by atoms with Crippen molar-refractivity contribution in [2.24, 2.45) is 0 Å². The summed E-state index contributed by atoms with van der Waals surface area (Å²) >= 11 is 1.60. The van der Waals surface area contributed by atoms with E-state index in [9.17, 15) is 5.11 Å². The van der Waals surface area contributed by atoms with Crippen LogP contribution in [0.25, 0.3) is 0 Å². The van der Waals surface area contributed by atoms with Crippen molar-refractivity contribution < 1.29 is 14.6 Å². The molecule has 0 aromatic carbocycles. The highest BCUT2D eigenvalue weighted by molar-refractivity contribution is 7.07. The zero-order valence-corrected chi connectivity index (χ0v) is 10.3. The summed E-state index contributed by atoms with van der Waals surface area (Å²) in [5, 5.41) is 14.4. The van der Waals surface area contributed by atoms with Crippen molar-refractivity contribution in [1.29, 1.82) is 0 Å². The fraction of sp³-hybridized carbons (Fsp3) is 0.667. The van der Waals surface area contributed by atoms with E-state index < -0.39 is 11.7 Å². The molecule has 1 fully saturated rings. The quantitative estimate of drug-likeness (QED) is 0.881. The molecule has 0 spiro atoms. The summed E-state index contributed by atoms with van der Waals surface area (Å²) in [5.74, 6) is 0. The second-order valence-electron chi connectivity index (χ2n) is 4.07. The van der Waals surface area contributed by atoms with Crippen LogP contribution in [0.2, 0.25) is 0 Å². The van der Waals surface area contributed by atoms with E-state index in [0.29, 0.717) is 19.8 Å². The predicted octanol–water partition coefficient (Wildman–Crippen LogP) is 2.37. The molecule has 2 heterocycles. The first kappa shape index (κ1) is 12.0. The summed E-state index contributed by atoms with van der Waals surface area (Å²) in [5.41, 5.74) is 0.508. The molecule has 1 atom stereocenters. The molecule has 1 aliphatic heterocycles. The molecule has 2 rings (SSSR count). The van der Waals surface area contributed by atoms with Crippen LogP contribution in [-0.2, 0) is 9.47 Å². The maximum Gasteiger partial charge on any atom is 0.109 e. The van der Waals surface area contributed by atoms with Gasteiger partial charge in [0.1, 0.15) is 11.7 Å². The van der Waals surface area contributed by atoms with E-state index in [1.54, 1.807) is 11.3 Å². The van der Waals surface area contributed by atoms with Gasteiger partial charge in [0.05, 0.1) is 0 Å². The van der Waals surface area contributed by atoms with Crippen molar-refractivity contribution in [1.82, 2.24) is 0 Å². The third kappa shape index (κ3) is 2.30. The van der Waals surface area contributed by atoms with Crippen LogP contribution in [0.5, 0.6) is 0 Å². The molecule has 1 aromatic rings. The number of aliphatic hydroxyl groups excluding tert-OH is 1. The summed E-state index contributed by atoms with van der Waals surface area (Å²) in [7, 11) is 0. The third-order valence-electron chi connectivity index (χ3n) is 3.13. The normalized spacial score (nSPS) is 21.9. The molecule has 0 saturated carbocycles. The average Bonchev–Trinajstić information content (AvgIpc) is 2.83. The van der Waals surface area contributed by atoms with Crippen LogP contribution in [0, 0.1) is 0 Å². The molecule has 4 heteroatoms. The maximum atomic E-state index is 10.4. The van der Waals surface area contributed by atoms with Crippen LogP contribution in [0.1, 0.15) is 31.4 Å². The Labute approximate surface area is 100 Å². The van der Waals surface area contributed by atoms with Gasteiger partial charge < -0.3 is 14.6 Å². The second-order valence-corrected chi connectivity index (χ2v) is 4.85. The van der Waals surface area contributed by atoms with Crippen LogP contribution >= 0.6 is 11.3 Å². The lowest BCUT2D eigenvalue weighted by Gasteiger charge is -2.40. The van der Waals surface area contributed by atoms with Crippen molar-refractivity contribution in [2.45, 2.75) is 31.5 Å². The van der Waals surface area contributed by atoms with E-state index in [2.05, 4.69) is 0 Å². The molecule has 1 unspecified atom stereocenters. The van der Waals surface area contributed by atoms with Gasteiger partial charge in [-0.2, -0.15) is 11.3 Å². The minimum Gasteiger partial charge on any atom is -0.385 e. The fourth-order valence-electron chi connectivity index (χ4n) is 2.24. The van der Waals surface area contributed by atoms with Gasteiger partial charge in [-0.15, -0.1) is 0 Å². The lowest BCUT2D eigenvalue weighted by molar-refractivity contribution is -0.167. The smallest absolute Gasteiger partial charge is 0.109 e. The molecule has 1 N–H and O–H groups in total. The Morgan fingerprint density at radius 2 is 2.31 bits per heavy atom. The van der Waals surface area contributed by atoms with Crippen LogP contribution in [-0.4, -0.2) is 30.5 Å². The Hall–Kier alpha value is -0.420. The minimum absolute atomic E-state index is 0.450. The van der Waals surface area contributed by atoms with E-state index in [1.165, 1.54) is 0 Å². The first-order valence-corrected chi connectivity index (χ1v) is 6.64. The topological polar surface area (TPSA) is 38.7 Å². The number of rotatable bonds is 4. The Morgan fingerprint density at radius 1 is 1.56 bits per heavy atom. The number of hydrogen-bond acceptors (Lipinski definition) is 4. The van der Waals surface area contributed by atoms with Crippen molar-refractivity contribution in [3.63, 3.8) is 0 Å². The van der Waals surface area contributed by atoms with Crippen LogP contribution in [0.3, 0.4) is 0 Å². The van der Waals surface area contributed by atoms with Gasteiger partial charge in [0.15, 0.2) is 0 Å². The van der Waals surface area contributed by atoms with Crippen LogP contribution in [0.4, 0.5) is 0 Å². The summed E-state index contributed by atoms with van der Waals surface area (Å²) < 4.78 is 11.2. The molecule has 0 radical (unpaired) electrons. The Bertz CT molecular complexity index is 299. The van der Waals surface area contributed by atoms with E-state index in [4.69, 9.17) is 9.47 Å². The zero-order valence-electron chi connectivity index (χ0n) is 9.52. The van der Waals surface area contributed by atoms with Crippen molar-refractivity contribution >= 4 is 11.3 Å². The highest BCUT2D eigenvalue weighted by Crippen LogP contribution is 2.38. The van der Waals surface area contributed by atoms with Crippen LogP contribution in [0.15, 0.2) is 16.8 Å². The Balaban J connectivity index is 2.17. The average molecular weight is 242 g/mol. The minimum atomic E-state index is -0.539. The zero-order chi connectivity index (χ0) is 11.4. The summed E-state index contributed by atoms with van der Waals surface area (Å²) in [6.07, 6.45) is 0.984. The van der Waals surface area contributed by atoms with E-state index >= 15 is 0 Å². The summed E-state index contributed by atoms with van der Waals surface area (Å²) in [6.45, 7) is 3.93. The van der Waals surface area contributed by atoms with Gasteiger partial charge in [-0.25, -0.2) is 0 Å². The van der Waals surface area contributed by atoms with Crippen molar-refractivity contribution in [2.75, 3.05) is 19.8 Å². The first-order chi connectivity index (χ1) is 7.78. The Kier molecular flexibility index (Phi) is 3.97. The van der Waals surface area contributed by atoms with Gasteiger partial charge in [0.2, 0.25) is 0 Å². The van der Waals surface area contributed by atoms with Crippen LogP contribution < -0.4 is 0 Å². The second kappa shape index (κ2) is 5.27. The number of ether oxygens (including phenoxy) is 2. The molecule has 0 amide bonds. The lowest BCUT2D eigenvalue weighted by Crippen LogP contribution is -2.44. The predicted molar refractivity (Wildman–Crippen MR) is 63.7 cm³/mol. The summed E-state index contributed by atoms with van der Waals surface area (Å²) in [4.78, 5) is 0.